The first-order chi connectivity index (χ1) is 10.7. The molecule has 2 aliphatic rings. The fourth-order valence-corrected chi connectivity index (χ4v) is 2.90. The summed E-state index contributed by atoms with van der Waals surface area (Å²) >= 11 is 0. The smallest absolute Gasteiger partial charge is 0.245 e. The Morgan fingerprint density at radius 3 is 3.14 bits per heavy atom. The fraction of sp³-hybridized carbons (Fsp3) is 0.438. The predicted molar refractivity (Wildman–Crippen MR) is 86.1 cm³/mol. The van der Waals surface area contributed by atoms with Crippen LogP contribution in [-0.4, -0.2) is 35.5 Å². The van der Waals surface area contributed by atoms with Crippen LogP contribution in [0.4, 0.5) is 5.82 Å². The van der Waals surface area contributed by atoms with Crippen molar-refractivity contribution in [2.75, 3.05) is 25.0 Å². The van der Waals surface area contributed by atoms with E-state index < -0.39 is 5.91 Å². The van der Waals surface area contributed by atoms with Crippen LogP contribution in [0.1, 0.15) is 24.1 Å². The number of hydrogen-bond acceptors (Lipinski definition) is 5. The van der Waals surface area contributed by atoms with Gasteiger partial charge in [-0.05, 0) is 37.9 Å². The van der Waals surface area contributed by atoms with E-state index in [0.717, 1.165) is 36.7 Å². The van der Waals surface area contributed by atoms with Crippen LogP contribution in [0.25, 0.3) is 6.08 Å². The van der Waals surface area contributed by atoms with E-state index in [0.29, 0.717) is 17.9 Å². The molecule has 1 saturated heterocycles. The van der Waals surface area contributed by atoms with Crippen molar-refractivity contribution < 1.29 is 4.79 Å². The van der Waals surface area contributed by atoms with Gasteiger partial charge in [-0.3, -0.25) is 4.79 Å². The third-order valence-electron chi connectivity index (χ3n) is 4.16. The molecule has 0 spiro atoms. The zero-order valence-corrected chi connectivity index (χ0v) is 12.5. The predicted octanol–water partition coefficient (Wildman–Crippen LogP) is 0.869. The molecule has 0 saturated carbocycles. The molecule has 3 rings (SSSR count). The molecule has 0 bridgehead atoms. The molecule has 1 fully saturated rings. The number of nitrogens with one attached hydrogen (secondary N) is 2. The van der Waals surface area contributed by atoms with Crippen molar-refractivity contribution in [3.8, 4) is 0 Å². The van der Waals surface area contributed by atoms with E-state index in [4.69, 9.17) is 5.73 Å². The number of rotatable bonds is 4. The molecule has 2 heterocycles. The lowest BCUT2D eigenvalue weighted by Crippen LogP contribution is -2.33. The highest BCUT2D eigenvalue weighted by Crippen LogP contribution is 2.23. The van der Waals surface area contributed by atoms with E-state index in [9.17, 15) is 4.79 Å². The number of hydrogen-bond donors (Lipinski definition) is 3. The maximum atomic E-state index is 11.4. The Morgan fingerprint density at radius 2 is 2.36 bits per heavy atom. The maximum Gasteiger partial charge on any atom is 0.245 e. The van der Waals surface area contributed by atoms with E-state index in [1.54, 1.807) is 6.08 Å². The van der Waals surface area contributed by atoms with E-state index in [1.165, 1.54) is 19.2 Å². The van der Waals surface area contributed by atoms with Gasteiger partial charge in [0.25, 0.3) is 0 Å². The van der Waals surface area contributed by atoms with Crippen LogP contribution >= 0.6 is 0 Å². The van der Waals surface area contributed by atoms with Crippen LogP contribution < -0.4 is 16.4 Å². The molecule has 116 valence electrons. The minimum absolute atomic E-state index is 0.404. The number of anilines is 1. The van der Waals surface area contributed by atoms with Gasteiger partial charge in [-0.1, -0.05) is 12.2 Å². The third-order valence-corrected chi connectivity index (χ3v) is 4.16. The van der Waals surface area contributed by atoms with E-state index in [-0.39, 0.29) is 0 Å². The summed E-state index contributed by atoms with van der Waals surface area (Å²) in [6.45, 7) is 3.05. The summed E-state index contributed by atoms with van der Waals surface area (Å²) in [5.74, 6) is 1.04. The Bertz CT molecular complexity index is 617. The minimum atomic E-state index is -0.404. The zero-order valence-electron chi connectivity index (χ0n) is 12.5. The standard InChI is InChI=1S/C16H21N5O/c17-15(22)12-4-1-5-13-14(7-12)20-10-21-16(13)19-9-11-3-2-6-18-8-11/h1,4-5,10-11,18H,2-3,6-9H2,(H2,17,22)(H,19,20,21)/t11-/m0/s1. The number of amides is 1. The molecule has 1 aromatic heterocycles. The molecule has 1 atom stereocenters. The average molecular weight is 299 g/mol. The van der Waals surface area contributed by atoms with Crippen LogP contribution in [-0.2, 0) is 11.2 Å². The SMILES string of the molecule is NC(=O)C1=CC=Cc2c(ncnc2NC[C@H]2CCCNC2)C1. The number of carbonyl (C=O) groups is 1. The normalized spacial score (nSPS) is 20.7. The Hall–Kier alpha value is -2.21. The molecule has 0 radical (unpaired) electrons. The Balaban J connectivity index is 1.74. The van der Waals surface area contributed by atoms with Gasteiger partial charge in [-0.2, -0.15) is 0 Å². The van der Waals surface area contributed by atoms with Crippen molar-refractivity contribution in [2.24, 2.45) is 11.7 Å². The molecule has 22 heavy (non-hydrogen) atoms. The molecule has 6 heteroatoms. The van der Waals surface area contributed by atoms with E-state index >= 15 is 0 Å². The van der Waals surface area contributed by atoms with Crippen LogP contribution in [0.3, 0.4) is 0 Å². The second-order valence-corrected chi connectivity index (χ2v) is 5.77. The first-order valence-corrected chi connectivity index (χ1v) is 7.69. The zero-order chi connectivity index (χ0) is 15.4. The molecule has 0 aromatic carbocycles. The minimum Gasteiger partial charge on any atom is -0.369 e. The van der Waals surface area contributed by atoms with Gasteiger partial charge >= 0.3 is 0 Å². The van der Waals surface area contributed by atoms with Crippen LogP contribution in [0.5, 0.6) is 0 Å². The van der Waals surface area contributed by atoms with Crippen molar-refractivity contribution in [1.82, 2.24) is 15.3 Å². The van der Waals surface area contributed by atoms with Crippen LogP contribution in [0.2, 0.25) is 0 Å². The summed E-state index contributed by atoms with van der Waals surface area (Å²) in [4.78, 5) is 20.0. The molecule has 1 aliphatic heterocycles. The molecular formula is C16H21N5O. The lowest BCUT2D eigenvalue weighted by atomic mass is 9.99. The van der Waals surface area contributed by atoms with Crippen molar-refractivity contribution in [2.45, 2.75) is 19.3 Å². The molecule has 6 nitrogen and oxygen atoms in total. The summed E-state index contributed by atoms with van der Waals surface area (Å²) in [5.41, 5.74) is 7.72. The van der Waals surface area contributed by atoms with Gasteiger partial charge in [-0.25, -0.2) is 9.97 Å². The van der Waals surface area contributed by atoms with Gasteiger partial charge in [-0.15, -0.1) is 0 Å². The number of aromatic nitrogens is 2. The summed E-state index contributed by atoms with van der Waals surface area (Å²) in [5, 5.41) is 6.85. The van der Waals surface area contributed by atoms with Crippen molar-refractivity contribution in [1.29, 1.82) is 0 Å². The van der Waals surface area contributed by atoms with Gasteiger partial charge in [0.1, 0.15) is 12.1 Å². The van der Waals surface area contributed by atoms with Gasteiger partial charge in [0, 0.05) is 24.1 Å². The number of allylic oxidation sites excluding steroid dienone is 2. The number of nitrogens with two attached hydrogens (primary N) is 1. The molecule has 4 N–H and O–H groups in total. The Labute approximate surface area is 129 Å². The van der Waals surface area contributed by atoms with Gasteiger partial charge < -0.3 is 16.4 Å². The summed E-state index contributed by atoms with van der Waals surface area (Å²) in [6.07, 6.45) is 9.96. The maximum absolute atomic E-state index is 11.4. The van der Waals surface area contributed by atoms with Crippen molar-refractivity contribution in [3.05, 3.63) is 35.3 Å². The average Bonchev–Trinajstić information content (AvgIpc) is 2.76. The Morgan fingerprint density at radius 1 is 1.45 bits per heavy atom. The lowest BCUT2D eigenvalue weighted by Gasteiger charge is -2.23. The molecule has 1 aliphatic carbocycles. The number of carbonyl (C=O) groups excluding carboxylic acids is 1. The molecular weight excluding hydrogens is 278 g/mol. The van der Waals surface area contributed by atoms with Crippen molar-refractivity contribution in [3.63, 3.8) is 0 Å². The monoisotopic (exact) mass is 299 g/mol. The second kappa shape index (κ2) is 6.70. The summed E-state index contributed by atoms with van der Waals surface area (Å²) in [6, 6.07) is 0. The molecule has 1 aromatic rings. The van der Waals surface area contributed by atoms with Gasteiger partial charge in [0.2, 0.25) is 5.91 Å². The highest BCUT2D eigenvalue weighted by atomic mass is 16.1. The number of fused-ring (bicyclic) bond motifs is 1. The Kier molecular flexibility index (Phi) is 4.48. The summed E-state index contributed by atoms with van der Waals surface area (Å²) in [7, 11) is 0. The highest BCUT2D eigenvalue weighted by molar-refractivity contribution is 5.93. The van der Waals surface area contributed by atoms with Gasteiger partial charge in [0.05, 0.1) is 5.69 Å². The van der Waals surface area contributed by atoms with E-state index in [2.05, 4.69) is 20.6 Å². The lowest BCUT2D eigenvalue weighted by molar-refractivity contribution is -0.114. The number of nitrogens with zero attached hydrogens (tertiary/aromatic N) is 2. The third kappa shape index (κ3) is 3.33. The second-order valence-electron chi connectivity index (χ2n) is 5.77. The first kappa shape index (κ1) is 14.7. The topological polar surface area (TPSA) is 92.9 Å². The van der Waals surface area contributed by atoms with Crippen LogP contribution in [0, 0.1) is 5.92 Å². The fourth-order valence-electron chi connectivity index (χ4n) is 2.90. The number of piperidine rings is 1. The van der Waals surface area contributed by atoms with Gasteiger partial charge in [0.15, 0.2) is 0 Å². The number of primary amides is 1. The van der Waals surface area contributed by atoms with E-state index in [1.807, 2.05) is 12.2 Å². The first-order valence-electron chi connectivity index (χ1n) is 7.69. The highest BCUT2D eigenvalue weighted by Gasteiger charge is 2.17. The quantitative estimate of drug-likeness (QED) is 0.767. The summed E-state index contributed by atoms with van der Waals surface area (Å²) < 4.78 is 0. The molecule has 0 unspecified atom stereocenters. The molecule has 1 amide bonds. The van der Waals surface area contributed by atoms with Crippen LogP contribution in [0.15, 0.2) is 24.1 Å². The largest absolute Gasteiger partial charge is 0.369 e. The van der Waals surface area contributed by atoms with Crippen molar-refractivity contribution >= 4 is 17.8 Å².